The molecule has 0 spiro atoms. The van der Waals surface area contributed by atoms with E-state index in [0.717, 1.165) is 11.3 Å². The minimum absolute atomic E-state index is 0.0695. The average molecular weight is 295 g/mol. The Morgan fingerprint density at radius 1 is 1.29 bits per heavy atom. The predicted octanol–water partition coefficient (Wildman–Crippen LogP) is 1.83. The van der Waals surface area contributed by atoms with Crippen molar-refractivity contribution in [1.29, 1.82) is 0 Å². The molecule has 0 aliphatic heterocycles. The molecule has 21 heavy (non-hydrogen) atoms. The smallest absolute Gasteiger partial charge is 0.321 e. The molecule has 1 aromatic rings. The van der Waals surface area contributed by atoms with Crippen LogP contribution < -0.4 is 11.1 Å². The molecule has 0 radical (unpaired) electrons. The monoisotopic (exact) mass is 295 g/mol. The van der Waals surface area contributed by atoms with Gasteiger partial charge in [0.15, 0.2) is 0 Å². The van der Waals surface area contributed by atoms with Gasteiger partial charge in [0, 0.05) is 39.0 Å². The summed E-state index contributed by atoms with van der Waals surface area (Å²) in [5.41, 5.74) is 7.56. The van der Waals surface area contributed by atoms with Crippen LogP contribution in [0.4, 0.5) is 10.5 Å². The zero-order valence-electron chi connectivity index (χ0n) is 13.0. The van der Waals surface area contributed by atoms with Gasteiger partial charge in [-0.2, -0.15) is 0 Å². The zero-order valence-corrected chi connectivity index (χ0v) is 13.0. The number of nitrogens with zero attached hydrogens (tertiary/aromatic N) is 1. The van der Waals surface area contributed by atoms with E-state index >= 15 is 0 Å². The van der Waals surface area contributed by atoms with Gasteiger partial charge in [-0.1, -0.05) is 12.1 Å². The summed E-state index contributed by atoms with van der Waals surface area (Å²) in [4.78, 5) is 13.9. The first-order valence-corrected chi connectivity index (χ1v) is 6.97. The largest absolute Gasteiger partial charge is 0.383 e. The van der Waals surface area contributed by atoms with Crippen molar-refractivity contribution in [2.24, 2.45) is 5.73 Å². The van der Waals surface area contributed by atoms with Gasteiger partial charge in [-0.15, -0.1) is 0 Å². The highest BCUT2D eigenvalue weighted by Crippen LogP contribution is 2.16. The van der Waals surface area contributed by atoms with Crippen molar-refractivity contribution in [3.05, 3.63) is 29.8 Å². The first kappa shape index (κ1) is 17.4. The minimum Gasteiger partial charge on any atom is -0.383 e. The van der Waals surface area contributed by atoms with Crippen LogP contribution in [0.5, 0.6) is 0 Å². The van der Waals surface area contributed by atoms with E-state index in [2.05, 4.69) is 5.32 Å². The second-order valence-corrected chi connectivity index (χ2v) is 4.82. The summed E-state index contributed by atoms with van der Waals surface area (Å²) in [5.74, 6) is 0. The second-order valence-electron chi connectivity index (χ2n) is 4.82. The maximum Gasteiger partial charge on any atom is 0.321 e. The molecule has 3 N–H and O–H groups in total. The molecule has 0 aliphatic carbocycles. The fourth-order valence-corrected chi connectivity index (χ4v) is 1.82. The molecule has 0 saturated heterocycles. The highest BCUT2D eigenvalue weighted by molar-refractivity contribution is 5.89. The number of methoxy groups -OCH3 is 2. The fraction of sp³-hybridized carbons (Fsp3) is 0.533. The number of benzene rings is 1. The molecule has 0 heterocycles. The molecular formula is C15H25N3O3. The van der Waals surface area contributed by atoms with Crippen molar-refractivity contribution < 1.29 is 14.3 Å². The minimum atomic E-state index is -0.175. The molecule has 1 unspecified atom stereocenters. The van der Waals surface area contributed by atoms with Gasteiger partial charge in [0.1, 0.15) is 0 Å². The van der Waals surface area contributed by atoms with Gasteiger partial charge in [0.25, 0.3) is 0 Å². The normalized spacial score (nSPS) is 12.0. The van der Waals surface area contributed by atoms with Gasteiger partial charge in [-0.3, -0.25) is 0 Å². The second kappa shape index (κ2) is 9.33. The summed E-state index contributed by atoms with van der Waals surface area (Å²) < 4.78 is 10.0. The predicted molar refractivity (Wildman–Crippen MR) is 83.4 cm³/mol. The topological polar surface area (TPSA) is 76.8 Å². The maximum absolute atomic E-state index is 12.3. The van der Waals surface area contributed by atoms with Gasteiger partial charge in [0.05, 0.1) is 13.2 Å². The number of nitrogens with two attached hydrogens (primary N) is 1. The number of nitrogens with one attached hydrogen (secondary N) is 1. The van der Waals surface area contributed by atoms with E-state index in [-0.39, 0.29) is 12.1 Å². The van der Waals surface area contributed by atoms with Gasteiger partial charge >= 0.3 is 6.03 Å². The lowest BCUT2D eigenvalue weighted by Gasteiger charge is -2.22. The van der Waals surface area contributed by atoms with E-state index in [9.17, 15) is 4.79 Å². The molecular weight excluding hydrogens is 270 g/mol. The molecule has 1 rings (SSSR count). The fourth-order valence-electron chi connectivity index (χ4n) is 1.82. The number of amides is 2. The number of hydrogen-bond acceptors (Lipinski definition) is 4. The van der Waals surface area contributed by atoms with E-state index < -0.39 is 0 Å². The van der Waals surface area contributed by atoms with Crippen LogP contribution in [0.2, 0.25) is 0 Å². The number of hydrogen-bond donors (Lipinski definition) is 2. The molecule has 118 valence electrons. The number of anilines is 1. The molecule has 1 atom stereocenters. The Kier molecular flexibility index (Phi) is 7.74. The third-order valence-electron chi connectivity index (χ3n) is 3.08. The number of carbonyl (C=O) groups is 1. The summed E-state index contributed by atoms with van der Waals surface area (Å²) in [6, 6.07) is 7.30. The van der Waals surface area contributed by atoms with Gasteiger partial charge in [-0.25, -0.2) is 4.79 Å². The van der Waals surface area contributed by atoms with Crippen molar-refractivity contribution in [3.63, 3.8) is 0 Å². The Morgan fingerprint density at radius 2 is 1.90 bits per heavy atom. The van der Waals surface area contributed by atoms with Crippen molar-refractivity contribution in [2.45, 2.75) is 13.0 Å². The van der Waals surface area contributed by atoms with Crippen molar-refractivity contribution in [1.82, 2.24) is 4.90 Å². The van der Waals surface area contributed by atoms with Crippen LogP contribution in [0.25, 0.3) is 0 Å². The molecule has 0 aromatic heterocycles. The lowest BCUT2D eigenvalue weighted by atomic mass is 10.1. The highest BCUT2D eigenvalue weighted by Gasteiger charge is 2.13. The number of rotatable bonds is 8. The first-order valence-electron chi connectivity index (χ1n) is 6.97. The third-order valence-corrected chi connectivity index (χ3v) is 3.08. The average Bonchev–Trinajstić information content (AvgIpc) is 2.47. The summed E-state index contributed by atoms with van der Waals surface area (Å²) in [6.07, 6.45) is 0. The van der Waals surface area contributed by atoms with E-state index in [1.165, 1.54) is 0 Å². The van der Waals surface area contributed by atoms with E-state index in [0.29, 0.717) is 26.3 Å². The SMILES string of the molecule is COCCN(CCOC)C(=O)Nc1cccc(C(C)N)c1. The summed E-state index contributed by atoms with van der Waals surface area (Å²) in [5, 5.41) is 2.88. The zero-order chi connectivity index (χ0) is 15.7. The molecule has 2 amide bonds. The van der Waals surface area contributed by atoms with Crippen LogP contribution in [-0.2, 0) is 9.47 Å². The molecule has 0 bridgehead atoms. The van der Waals surface area contributed by atoms with E-state index in [1.807, 2.05) is 31.2 Å². The van der Waals surface area contributed by atoms with Crippen molar-refractivity contribution in [3.8, 4) is 0 Å². The lowest BCUT2D eigenvalue weighted by Crippen LogP contribution is -2.39. The van der Waals surface area contributed by atoms with Crippen LogP contribution in [-0.4, -0.2) is 51.5 Å². The van der Waals surface area contributed by atoms with Crippen molar-refractivity contribution in [2.75, 3.05) is 45.8 Å². The van der Waals surface area contributed by atoms with E-state index in [4.69, 9.17) is 15.2 Å². The maximum atomic E-state index is 12.3. The quantitative estimate of drug-likeness (QED) is 0.767. The number of urea groups is 1. The van der Waals surface area contributed by atoms with Gasteiger partial charge < -0.3 is 25.4 Å². The molecule has 6 heteroatoms. The van der Waals surface area contributed by atoms with Gasteiger partial charge in [-0.05, 0) is 24.6 Å². The Labute approximate surface area is 126 Å². The summed E-state index contributed by atoms with van der Waals surface area (Å²) >= 11 is 0. The van der Waals surface area contributed by atoms with Crippen LogP contribution >= 0.6 is 0 Å². The Hall–Kier alpha value is -1.63. The van der Waals surface area contributed by atoms with Crippen LogP contribution in [0, 0.1) is 0 Å². The van der Waals surface area contributed by atoms with Crippen LogP contribution in [0.15, 0.2) is 24.3 Å². The molecule has 0 aliphatic rings. The highest BCUT2D eigenvalue weighted by atomic mass is 16.5. The van der Waals surface area contributed by atoms with Crippen molar-refractivity contribution >= 4 is 11.7 Å². The Morgan fingerprint density at radius 3 is 2.43 bits per heavy atom. The summed E-state index contributed by atoms with van der Waals surface area (Å²) in [6.45, 7) is 3.90. The van der Waals surface area contributed by atoms with E-state index in [1.54, 1.807) is 19.1 Å². The molecule has 0 saturated carbocycles. The number of carbonyl (C=O) groups excluding carboxylic acids is 1. The summed E-state index contributed by atoms with van der Waals surface area (Å²) in [7, 11) is 3.22. The van der Waals surface area contributed by atoms with Crippen LogP contribution in [0.1, 0.15) is 18.5 Å². The Bertz CT molecular complexity index is 430. The lowest BCUT2D eigenvalue weighted by molar-refractivity contribution is 0.127. The molecule has 6 nitrogen and oxygen atoms in total. The third kappa shape index (κ3) is 6.12. The molecule has 1 aromatic carbocycles. The molecule has 0 fully saturated rings. The van der Waals surface area contributed by atoms with Gasteiger partial charge in [0.2, 0.25) is 0 Å². The number of ether oxygens (including phenoxy) is 2. The Balaban J connectivity index is 2.68. The van der Waals surface area contributed by atoms with Crippen LogP contribution in [0.3, 0.4) is 0 Å². The standard InChI is InChI=1S/C15H25N3O3/c1-12(16)13-5-4-6-14(11-13)17-15(19)18(7-9-20-2)8-10-21-3/h4-6,11-12H,7-10,16H2,1-3H3,(H,17,19). The first-order chi connectivity index (χ1) is 10.1.